The van der Waals surface area contributed by atoms with Crippen LogP contribution >= 0.6 is 11.8 Å². The molecule has 0 bridgehead atoms. The standard InChI is InChI=1S/C11H19N3OS/c1-8-12-11(15-13-8)10-4-6-14(7-5-10)9(2)16-3/h9-10H,4-7H2,1-3H3. The topological polar surface area (TPSA) is 42.2 Å². The second-order valence-corrected chi connectivity index (χ2v) is 5.48. The van der Waals surface area contributed by atoms with Crippen LogP contribution in [0.2, 0.25) is 0 Å². The average Bonchev–Trinajstić information content (AvgIpc) is 2.75. The second kappa shape index (κ2) is 5.19. The zero-order chi connectivity index (χ0) is 11.5. The third kappa shape index (κ3) is 2.58. The zero-order valence-electron chi connectivity index (χ0n) is 10.1. The number of hydrogen-bond acceptors (Lipinski definition) is 5. The van der Waals surface area contributed by atoms with Gasteiger partial charge in [0.25, 0.3) is 0 Å². The van der Waals surface area contributed by atoms with E-state index in [9.17, 15) is 0 Å². The van der Waals surface area contributed by atoms with Crippen molar-refractivity contribution in [3.05, 3.63) is 11.7 Å². The summed E-state index contributed by atoms with van der Waals surface area (Å²) in [4.78, 5) is 6.84. The first-order valence-corrected chi connectivity index (χ1v) is 7.06. The summed E-state index contributed by atoms with van der Waals surface area (Å²) < 4.78 is 5.24. The molecule has 1 unspecified atom stereocenters. The first kappa shape index (κ1) is 11.9. The molecule has 1 fully saturated rings. The number of hydrogen-bond donors (Lipinski definition) is 0. The Bertz CT molecular complexity index is 334. The normalized spacial score (nSPS) is 21.2. The summed E-state index contributed by atoms with van der Waals surface area (Å²) in [6, 6.07) is 0. The summed E-state index contributed by atoms with van der Waals surface area (Å²) in [5.41, 5.74) is 0. The molecule has 4 nitrogen and oxygen atoms in total. The smallest absolute Gasteiger partial charge is 0.229 e. The molecule has 0 N–H and O–H groups in total. The molecule has 0 aliphatic carbocycles. The van der Waals surface area contributed by atoms with Crippen LogP contribution in [-0.4, -0.2) is 39.8 Å². The summed E-state index contributed by atoms with van der Waals surface area (Å²) in [7, 11) is 0. The fourth-order valence-corrected chi connectivity index (χ4v) is 2.65. The molecule has 1 aromatic rings. The van der Waals surface area contributed by atoms with Crippen molar-refractivity contribution in [2.75, 3.05) is 19.3 Å². The SMILES string of the molecule is CSC(C)N1CCC(c2nc(C)no2)CC1. The van der Waals surface area contributed by atoms with Crippen LogP contribution in [-0.2, 0) is 0 Å². The van der Waals surface area contributed by atoms with E-state index in [0.29, 0.717) is 11.3 Å². The summed E-state index contributed by atoms with van der Waals surface area (Å²) in [5, 5.41) is 4.47. The number of piperidine rings is 1. The Balaban J connectivity index is 1.90. The number of thioether (sulfide) groups is 1. The average molecular weight is 241 g/mol. The fraction of sp³-hybridized carbons (Fsp3) is 0.818. The molecular weight excluding hydrogens is 222 g/mol. The van der Waals surface area contributed by atoms with Crippen LogP contribution in [0.4, 0.5) is 0 Å². The van der Waals surface area contributed by atoms with Crippen LogP contribution in [0.15, 0.2) is 4.52 Å². The lowest BCUT2D eigenvalue weighted by Crippen LogP contribution is -2.37. The van der Waals surface area contributed by atoms with Gasteiger partial charge in [0.1, 0.15) is 0 Å². The minimum absolute atomic E-state index is 0.464. The molecule has 2 rings (SSSR count). The number of rotatable bonds is 3. The predicted molar refractivity (Wildman–Crippen MR) is 65.6 cm³/mol. The van der Waals surface area contributed by atoms with E-state index < -0.39 is 0 Å². The van der Waals surface area contributed by atoms with Crippen LogP contribution in [0.25, 0.3) is 0 Å². The minimum Gasteiger partial charge on any atom is -0.339 e. The van der Waals surface area contributed by atoms with Crippen molar-refractivity contribution in [1.29, 1.82) is 0 Å². The van der Waals surface area contributed by atoms with E-state index in [2.05, 4.69) is 28.2 Å². The Morgan fingerprint density at radius 2 is 2.12 bits per heavy atom. The van der Waals surface area contributed by atoms with E-state index in [1.165, 1.54) is 0 Å². The van der Waals surface area contributed by atoms with Gasteiger partial charge >= 0.3 is 0 Å². The molecule has 90 valence electrons. The van der Waals surface area contributed by atoms with Crippen molar-refractivity contribution in [1.82, 2.24) is 15.0 Å². The van der Waals surface area contributed by atoms with Crippen molar-refractivity contribution in [2.24, 2.45) is 0 Å². The zero-order valence-corrected chi connectivity index (χ0v) is 11.0. The molecule has 0 amide bonds. The molecule has 0 aromatic carbocycles. The second-order valence-electron chi connectivity index (χ2n) is 4.33. The summed E-state index contributed by atoms with van der Waals surface area (Å²) in [6.07, 6.45) is 4.43. The van der Waals surface area contributed by atoms with Crippen molar-refractivity contribution >= 4 is 11.8 Å². The van der Waals surface area contributed by atoms with Gasteiger partial charge in [0.05, 0.1) is 5.37 Å². The van der Waals surface area contributed by atoms with Gasteiger partial charge in [-0.15, -0.1) is 11.8 Å². The molecule has 0 spiro atoms. The number of aromatic nitrogens is 2. The van der Waals surface area contributed by atoms with Gasteiger partial charge in [-0.05, 0) is 46.0 Å². The largest absolute Gasteiger partial charge is 0.339 e. The molecule has 5 heteroatoms. The van der Waals surface area contributed by atoms with Crippen LogP contribution in [0.5, 0.6) is 0 Å². The highest BCUT2D eigenvalue weighted by atomic mass is 32.2. The van der Waals surface area contributed by atoms with Gasteiger partial charge in [0, 0.05) is 5.92 Å². The summed E-state index contributed by atoms with van der Waals surface area (Å²) in [5.74, 6) is 2.04. The molecule has 1 aliphatic rings. The van der Waals surface area contributed by atoms with Gasteiger partial charge in [0.2, 0.25) is 5.89 Å². The van der Waals surface area contributed by atoms with E-state index in [1.54, 1.807) is 0 Å². The highest BCUT2D eigenvalue weighted by molar-refractivity contribution is 7.99. The van der Waals surface area contributed by atoms with Crippen LogP contribution in [0, 0.1) is 6.92 Å². The van der Waals surface area contributed by atoms with Crippen molar-refractivity contribution < 1.29 is 4.52 Å². The number of aryl methyl sites for hydroxylation is 1. The molecule has 16 heavy (non-hydrogen) atoms. The third-order valence-electron chi connectivity index (χ3n) is 3.28. The van der Waals surface area contributed by atoms with Crippen molar-refractivity contribution in [3.8, 4) is 0 Å². The monoisotopic (exact) mass is 241 g/mol. The fourth-order valence-electron chi connectivity index (χ4n) is 2.14. The quantitative estimate of drug-likeness (QED) is 0.812. The maximum absolute atomic E-state index is 5.24. The molecule has 0 radical (unpaired) electrons. The van der Waals surface area contributed by atoms with Crippen molar-refractivity contribution in [2.45, 2.75) is 38.0 Å². The van der Waals surface area contributed by atoms with Gasteiger partial charge in [-0.25, -0.2) is 0 Å². The first-order valence-electron chi connectivity index (χ1n) is 5.77. The Morgan fingerprint density at radius 1 is 1.44 bits per heavy atom. The lowest BCUT2D eigenvalue weighted by Gasteiger charge is -2.33. The minimum atomic E-state index is 0.464. The van der Waals surface area contributed by atoms with Gasteiger partial charge < -0.3 is 4.52 Å². The van der Waals surface area contributed by atoms with Crippen molar-refractivity contribution in [3.63, 3.8) is 0 Å². The maximum atomic E-state index is 5.24. The maximum Gasteiger partial charge on any atom is 0.229 e. The van der Waals surface area contributed by atoms with E-state index in [-0.39, 0.29) is 0 Å². The summed E-state index contributed by atoms with van der Waals surface area (Å²) in [6.45, 7) is 6.40. The van der Waals surface area contributed by atoms with Crippen LogP contribution < -0.4 is 0 Å². The predicted octanol–water partition coefficient (Wildman–Crippen LogP) is 2.27. The Kier molecular flexibility index (Phi) is 3.86. The van der Waals surface area contributed by atoms with Crippen LogP contribution in [0.3, 0.4) is 0 Å². The molecule has 1 aromatic heterocycles. The Labute approximate surface area is 101 Å². The first-order chi connectivity index (χ1) is 7.70. The molecule has 1 saturated heterocycles. The van der Waals surface area contributed by atoms with Gasteiger partial charge in [-0.2, -0.15) is 4.98 Å². The molecule has 1 aliphatic heterocycles. The molecule has 2 heterocycles. The van der Waals surface area contributed by atoms with Gasteiger partial charge in [-0.1, -0.05) is 5.16 Å². The highest BCUT2D eigenvalue weighted by Gasteiger charge is 2.26. The van der Waals surface area contributed by atoms with Gasteiger partial charge in [0.15, 0.2) is 5.82 Å². The lowest BCUT2D eigenvalue weighted by molar-refractivity contribution is 0.189. The highest BCUT2D eigenvalue weighted by Crippen LogP contribution is 2.28. The third-order valence-corrected chi connectivity index (χ3v) is 4.26. The Hall–Kier alpha value is -0.550. The summed E-state index contributed by atoms with van der Waals surface area (Å²) >= 11 is 1.91. The number of likely N-dealkylation sites (tertiary alicyclic amines) is 1. The van der Waals surface area contributed by atoms with Gasteiger partial charge in [-0.3, -0.25) is 4.90 Å². The van der Waals surface area contributed by atoms with E-state index in [4.69, 9.17) is 4.52 Å². The van der Waals surface area contributed by atoms with Crippen LogP contribution in [0.1, 0.15) is 37.4 Å². The van der Waals surface area contributed by atoms with E-state index >= 15 is 0 Å². The molecule has 1 atom stereocenters. The van der Waals surface area contributed by atoms with E-state index in [0.717, 1.165) is 37.6 Å². The lowest BCUT2D eigenvalue weighted by atomic mass is 9.97. The Morgan fingerprint density at radius 3 is 2.62 bits per heavy atom. The molecule has 0 saturated carbocycles. The number of nitrogens with zero attached hydrogens (tertiary/aromatic N) is 3. The van der Waals surface area contributed by atoms with E-state index in [1.807, 2.05) is 18.7 Å². The molecular formula is C11H19N3OS.